The SMILES string of the molecule is C=C[Si](C)(C)C1CCCC(N(C)C(=O)F)C1. The molecule has 92 valence electrons. The van der Waals surface area contributed by atoms with E-state index in [1.165, 1.54) is 11.3 Å². The molecule has 0 heterocycles. The van der Waals surface area contributed by atoms with Gasteiger partial charge >= 0.3 is 6.16 Å². The molecule has 0 spiro atoms. The van der Waals surface area contributed by atoms with Crippen LogP contribution in [0, 0.1) is 0 Å². The lowest BCUT2D eigenvalue weighted by molar-refractivity contribution is 0.152. The van der Waals surface area contributed by atoms with Crippen LogP contribution in [0.1, 0.15) is 25.7 Å². The van der Waals surface area contributed by atoms with Gasteiger partial charge in [0.1, 0.15) is 0 Å². The van der Waals surface area contributed by atoms with E-state index in [1.54, 1.807) is 7.05 Å². The molecule has 0 N–H and O–H groups in total. The van der Waals surface area contributed by atoms with Crippen LogP contribution in [-0.2, 0) is 0 Å². The Bertz CT molecular complexity index is 280. The summed E-state index contributed by atoms with van der Waals surface area (Å²) in [6.45, 7) is 8.51. The lowest BCUT2D eigenvalue weighted by Gasteiger charge is -2.39. The number of hydrogen-bond donors (Lipinski definition) is 0. The zero-order chi connectivity index (χ0) is 12.3. The monoisotopic (exact) mass is 243 g/mol. The van der Waals surface area contributed by atoms with Crippen LogP contribution in [-0.4, -0.2) is 32.2 Å². The Labute approximate surface area is 98.5 Å². The summed E-state index contributed by atoms with van der Waals surface area (Å²) in [5.74, 6) is 0. The highest BCUT2D eigenvalue weighted by Crippen LogP contribution is 2.39. The van der Waals surface area contributed by atoms with Crippen molar-refractivity contribution in [1.29, 1.82) is 0 Å². The summed E-state index contributed by atoms with van der Waals surface area (Å²) >= 11 is 0. The molecular formula is C12H22FNOSi. The van der Waals surface area contributed by atoms with Crippen molar-refractivity contribution in [2.45, 2.75) is 50.4 Å². The Hall–Kier alpha value is -0.643. The minimum absolute atomic E-state index is 0.0861. The fourth-order valence-electron chi connectivity index (χ4n) is 2.50. The molecule has 2 atom stereocenters. The Balaban J connectivity index is 2.67. The molecule has 0 radical (unpaired) electrons. The predicted molar refractivity (Wildman–Crippen MR) is 68.0 cm³/mol. The van der Waals surface area contributed by atoms with Crippen LogP contribution in [0.2, 0.25) is 18.6 Å². The van der Waals surface area contributed by atoms with Crippen molar-refractivity contribution in [3.63, 3.8) is 0 Å². The number of rotatable bonds is 3. The van der Waals surface area contributed by atoms with Crippen molar-refractivity contribution < 1.29 is 9.18 Å². The van der Waals surface area contributed by atoms with Gasteiger partial charge in [-0.25, -0.2) is 4.79 Å². The highest BCUT2D eigenvalue weighted by molar-refractivity contribution is 6.83. The molecule has 1 aliphatic carbocycles. The summed E-state index contributed by atoms with van der Waals surface area (Å²) in [7, 11) is 0.172. The van der Waals surface area contributed by atoms with Gasteiger partial charge in [0.25, 0.3) is 0 Å². The van der Waals surface area contributed by atoms with E-state index in [-0.39, 0.29) is 6.04 Å². The van der Waals surface area contributed by atoms with Gasteiger partial charge in [-0.05, 0) is 18.4 Å². The molecule has 2 unspecified atom stereocenters. The molecule has 0 bridgehead atoms. The minimum Gasteiger partial charge on any atom is -0.315 e. The molecule has 1 aliphatic rings. The third-order valence-electron chi connectivity index (χ3n) is 4.05. The van der Waals surface area contributed by atoms with Crippen LogP contribution >= 0.6 is 0 Å². The first kappa shape index (κ1) is 13.4. The second-order valence-corrected chi connectivity index (χ2v) is 10.3. The first-order chi connectivity index (χ1) is 7.38. The van der Waals surface area contributed by atoms with E-state index in [1.807, 2.05) is 0 Å². The Kier molecular flexibility index (Phi) is 4.30. The standard InChI is InChI=1S/C12H22FNOSi/c1-5-16(3,4)11-8-6-7-10(9-11)14(2)12(13)15/h5,10-11H,1,6-9H2,2-4H3. The summed E-state index contributed by atoms with van der Waals surface area (Å²) in [6.07, 6.45) is 2.87. The van der Waals surface area contributed by atoms with Crippen LogP contribution in [0.3, 0.4) is 0 Å². The molecule has 0 aromatic heterocycles. The van der Waals surface area contributed by atoms with Crippen molar-refractivity contribution >= 4 is 14.2 Å². The fourth-order valence-corrected chi connectivity index (χ4v) is 4.66. The van der Waals surface area contributed by atoms with Crippen LogP contribution in [0.15, 0.2) is 12.3 Å². The highest BCUT2D eigenvalue weighted by atomic mass is 28.3. The van der Waals surface area contributed by atoms with Gasteiger partial charge in [0.15, 0.2) is 0 Å². The second-order valence-electron chi connectivity index (χ2n) is 5.41. The van der Waals surface area contributed by atoms with E-state index in [4.69, 9.17) is 0 Å². The van der Waals surface area contributed by atoms with E-state index in [0.717, 1.165) is 19.3 Å². The molecular weight excluding hydrogens is 221 g/mol. The van der Waals surface area contributed by atoms with Crippen LogP contribution in [0.25, 0.3) is 0 Å². The van der Waals surface area contributed by atoms with Gasteiger partial charge in [-0.15, -0.1) is 16.7 Å². The maximum absolute atomic E-state index is 12.7. The average Bonchev–Trinajstić information content (AvgIpc) is 2.28. The molecule has 1 saturated carbocycles. The minimum atomic E-state index is -1.40. The molecule has 16 heavy (non-hydrogen) atoms. The van der Waals surface area contributed by atoms with E-state index in [2.05, 4.69) is 25.4 Å². The smallest absolute Gasteiger partial charge is 0.315 e. The molecule has 1 fully saturated rings. The first-order valence-electron chi connectivity index (χ1n) is 5.94. The summed E-state index contributed by atoms with van der Waals surface area (Å²) in [6, 6.07) is 0.0861. The third kappa shape index (κ3) is 2.94. The largest absolute Gasteiger partial charge is 0.400 e. The van der Waals surface area contributed by atoms with Crippen LogP contribution in [0.5, 0.6) is 0 Å². The van der Waals surface area contributed by atoms with Gasteiger partial charge in [-0.3, -0.25) is 0 Å². The Morgan fingerprint density at radius 3 is 2.62 bits per heavy atom. The number of halogens is 1. The van der Waals surface area contributed by atoms with Crippen LogP contribution < -0.4 is 0 Å². The number of amides is 1. The van der Waals surface area contributed by atoms with Gasteiger partial charge < -0.3 is 4.90 Å². The van der Waals surface area contributed by atoms with Gasteiger partial charge in [-0.1, -0.05) is 25.9 Å². The Morgan fingerprint density at radius 2 is 2.12 bits per heavy atom. The van der Waals surface area contributed by atoms with Gasteiger partial charge in [-0.2, -0.15) is 0 Å². The van der Waals surface area contributed by atoms with Crippen molar-refractivity contribution in [1.82, 2.24) is 4.90 Å². The lowest BCUT2D eigenvalue weighted by atomic mass is 9.94. The number of carbonyl (C=O) groups excluding carboxylic acids is 1. The number of hydrogen-bond acceptors (Lipinski definition) is 1. The zero-order valence-corrected chi connectivity index (χ0v) is 11.5. The van der Waals surface area contributed by atoms with Crippen molar-refractivity contribution in [2.24, 2.45) is 0 Å². The van der Waals surface area contributed by atoms with E-state index < -0.39 is 14.2 Å². The van der Waals surface area contributed by atoms with Crippen molar-refractivity contribution in [2.75, 3.05) is 7.05 Å². The molecule has 0 aromatic rings. The predicted octanol–water partition coefficient (Wildman–Crippen LogP) is 3.75. The fraction of sp³-hybridized carbons (Fsp3) is 0.750. The second kappa shape index (κ2) is 5.12. The maximum atomic E-state index is 12.7. The zero-order valence-electron chi connectivity index (χ0n) is 10.5. The molecule has 4 heteroatoms. The Morgan fingerprint density at radius 1 is 1.50 bits per heavy atom. The topological polar surface area (TPSA) is 20.3 Å². The van der Waals surface area contributed by atoms with E-state index in [0.29, 0.717) is 5.54 Å². The van der Waals surface area contributed by atoms with Gasteiger partial charge in [0.05, 0.1) is 8.07 Å². The number of nitrogens with zero attached hydrogens (tertiary/aromatic N) is 1. The van der Waals surface area contributed by atoms with E-state index in [9.17, 15) is 9.18 Å². The summed E-state index contributed by atoms with van der Waals surface area (Å²) in [5.41, 5.74) is 2.74. The summed E-state index contributed by atoms with van der Waals surface area (Å²) in [4.78, 5) is 12.0. The first-order valence-corrected chi connectivity index (χ1v) is 9.10. The summed E-state index contributed by atoms with van der Waals surface area (Å²) < 4.78 is 12.7. The molecule has 1 rings (SSSR count). The molecule has 1 amide bonds. The van der Waals surface area contributed by atoms with Crippen LogP contribution in [0.4, 0.5) is 9.18 Å². The summed E-state index contributed by atoms with van der Waals surface area (Å²) in [5, 5.41) is 0. The number of carbonyl (C=O) groups is 1. The highest BCUT2D eigenvalue weighted by Gasteiger charge is 2.35. The van der Waals surface area contributed by atoms with Gasteiger partial charge in [0.2, 0.25) is 0 Å². The third-order valence-corrected chi connectivity index (χ3v) is 7.73. The van der Waals surface area contributed by atoms with Gasteiger partial charge in [0, 0.05) is 13.1 Å². The van der Waals surface area contributed by atoms with Crippen molar-refractivity contribution in [3.8, 4) is 0 Å². The lowest BCUT2D eigenvalue weighted by Crippen LogP contribution is -2.42. The molecule has 2 nitrogen and oxygen atoms in total. The van der Waals surface area contributed by atoms with E-state index >= 15 is 0 Å². The normalized spacial score (nSPS) is 26.2. The van der Waals surface area contributed by atoms with Crippen molar-refractivity contribution in [3.05, 3.63) is 12.3 Å². The molecule has 0 aliphatic heterocycles. The molecule has 0 aromatic carbocycles. The maximum Gasteiger partial charge on any atom is 0.400 e. The molecule has 0 saturated heterocycles. The quantitative estimate of drug-likeness (QED) is 0.420. The average molecular weight is 243 g/mol.